The van der Waals surface area contributed by atoms with Gasteiger partial charge in [-0.1, -0.05) is 0 Å². The van der Waals surface area contributed by atoms with Gasteiger partial charge in [0.05, 0.1) is 0 Å². The number of aryl methyl sites for hydroxylation is 2. The van der Waals surface area contributed by atoms with Crippen molar-refractivity contribution < 1.29 is 0 Å². The highest BCUT2D eigenvalue weighted by molar-refractivity contribution is 5.56. The van der Waals surface area contributed by atoms with Crippen molar-refractivity contribution >= 4 is 11.6 Å². The average molecular weight is 261 g/mol. The minimum Gasteiger partial charge on any atom is -0.369 e. The maximum atomic E-state index is 5.43. The van der Waals surface area contributed by atoms with Crippen LogP contribution in [0.25, 0.3) is 0 Å². The molecule has 7 nitrogen and oxygen atoms in total. The molecule has 0 unspecified atom stereocenters. The zero-order valence-electron chi connectivity index (χ0n) is 11.4. The molecule has 0 atom stereocenters. The van der Waals surface area contributed by atoms with Gasteiger partial charge in [0.2, 0.25) is 0 Å². The van der Waals surface area contributed by atoms with Gasteiger partial charge in [-0.3, -0.25) is 0 Å². The molecule has 4 N–H and O–H groups in total. The van der Waals surface area contributed by atoms with Crippen LogP contribution in [0.15, 0.2) is 12.4 Å². The normalized spacial score (nSPS) is 10.5. The molecule has 19 heavy (non-hydrogen) atoms. The van der Waals surface area contributed by atoms with Crippen molar-refractivity contribution in [1.29, 1.82) is 0 Å². The Hall–Kier alpha value is -2.15. The summed E-state index contributed by atoms with van der Waals surface area (Å²) >= 11 is 0. The fraction of sp³-hybridized carbons (Fsp3) is 0.417. The smallest absolute Gasteiger partial charge is 0.148 e. The predicted octanol–water partition coefficient (Wildman–Crippen LogP) is 0.767. The summed E-state index contributed by atoms with van der Waals surface area (Å²) in [6.45, 7) is 4.52. The molecule has 0 saturated carbocycles. The van der Waals surface area contributed by atoms with E-state index in [1.54, 1.807) is 6.20 Å². The Labute approximate surface area is 112 Å². The van der Waals surface area contributed by atoms with E-state index in [1.807, 2.05) is 31.7 Å². The molecule has 0 amide bonds. The predicted molar refractivity (Wildman–Crippen MR) is 74.7 cm³/mol. The number of nitrogen functional groups attached to an aromatic ring is 1. The Kier molecular flexibility index (Phi) is 3.96. The number of hydrazine groups is 1. The van der Waals surface area contributed by atoms with Gasteiger partial charge in [0.25, 0.3) is 0 Å². The van der Waals surface area contributed by atoms with Gasteiger partial charge in [0.1, 0.15) is 23.3 Å². The largest absolute Gasteiger partial charge is 0.369 e. The maximum absolute atomic E-state index is 5.43. The lowest BCUT2D eigenvalue weighted by Gasteiger charge is -2.12. The van der Waals surface area contributed by atoms with Crippen molar-refractivity contribution in [2.45, 2.75) is 20.3 Å². The molecule has 0 spiro atoms. The van der Waals surface area contributed by atoms with Crippen LogP contribution in [-0.2, 0) is 13.5 Å². The summed E-state index contributed by atoms with van der Waals surface area (Å²) in [4.78, 5) is 12.9. The Bertz CT molecular complexity index is 561. The van der Waals surface area contributed by atoms with E-state index >= 15 is 0 Å². The first-order chi connectivity index (χ1) is 9.11. The highest BCUT2D eigenvalue weighted by atomic mass is 15.3. The second kappa shape index (κ2) is 5.66. The number of imidazole rings is 1. The lowest BCUT2D eigenvalue weighted by Crippen LogP contribution is -2.15. The topological polar surface area (TPSA) is 93.7 Å². The van der Waals surface area contributed by atoms with E-state index < -0.39 is 0 Å². The molecular formula is C12H19N7. The van der Waals surface area contributed by atoms with E-state index in [0.717, 1.165) is 30.2 Å². The first-order valence-electron chi connectivity index (χ1n) is 6.13. The number of nitrogens with one attached hydrogen (secondary N) is 2. The maximum Gasteiger partial charge on any atom is 0.148 e. The number of nitrogens with zero attached hydrogens (tertiary/aromatic N) is 4. The number of rotatable bonds is 5. The third kappa shape index (κ3) is 3.00. The molecular weight excluding hydrogens is 242 g/mol. The first-order valence-corrected chi connectivity index (χ1v) is 6.13. The van der Waals surface area contributed by atoms with Crippen LogP contribution in [0, 0.1) is 13.8 Å². The zero-order valence-corrected chi connectivity index (χ0v) is 11.4. The van der Waals surface area contributed by atoms with E-state index in [0.29, 0.717) is 11.6 Å². The minimum atomic E-state index is 0.645. The summed E-state index contributed by atoms with van der Waals surface area (Å²) < 4.78 is 2.01. The second-order valence-corrected chi connectivity index (χ2v) is 4.37. The van der Waals surface area contributed by atoms with Crippen LogP contribution in [0.1, 0.15) is 17.2 Å². The van der Waals surface area contributed by atoms with E-state index in [9.17, 15) is 0 Å². The lowest BCUT2D eigenvalue weighted by atomic mass is 10.3. The van der Waals surface area contributed by atoms with Crippen molar-refractivity contribution in [3.05, 3.63) is 29.6 Å². The van der Waals surface area contributed by atoms with E-state index in [2.05, 4.69) is 25.7 Å². The molecule has 102 valence electrons. The molecule has 0 fully saturated rings. The molecule has 2 rings (SSSR count). The van der Waals surface area contributed by atoms with Crippen LogP contribution in [0.3, 0.4) is 0 Å². The van der Waals surface area contributed by atoms with Gasteiger partial charge in [0, 0.05) is 38.0 Å². The van der Waals surface area contributed by atoms with Crippen LogP contribution in [0.4, 0.5) is 11.6 Å². The summed E-state index contributed by atoms with van der Waals surface area (Å²) in [6, 6.07) is 0. The van der Waals surface area contributed by atoms with Crippen molar-refractivity contribution in [1.82, 2.24) is 19.5 Å². The number of hydrogen-bond donors (Lipinski definition) is 3. The van der Waals surface area contributed by atoms with Gasteiger partial charge in [-0.05, 0) is 13.8 Å². The Balaban J connectivity index is 2.03. The van der Waals surface area contributed by atoms with Gasteiger partial charge in [0.15, 0.2) is 0 Å². The highest BCUT2D eigenvalue weighted by Crippen LogP contribution is 2.18. The molecule has 0 aliphatic rings. The Morgan fingerprint density at radius 3 is 2.63 bits per heavy atom. The molecule has 0 aromatic carbocycles. The third-order valence-corrected chi connectivity index (χ3v) is 2.96. The van der Waals surface area contributed by atoms with Crippen LogP contribution < -0.4 is 16.6 Å². The molecule has 0 aliphatic carbocycles. The highest BCUT2D eigenvalue weighted by Gasteiger charge is 2.08. The van der Waals surface area contributed by atoms with Crippen molar-refractivity contribution in [2.24, 2.45) is 12.9 Å². The summed E-state index contributed by atoms with van der Waals surface area (Å²) in [5, 5.41) is 3.29. The van der Waals surface area contributed by atoms with Gasteiger partial charge >= 0.3 is 0 Å². The lowest BCUT2D eigenvalue weighted by molar-refractivity contribution is 0.787. The van der Waals surface area contributed by atoms with Crippen molar-refractivity contribution in [3.63, 3.8) is 0 Å². The molecule has 0 bridgehead atoms. The van der Waals surface area contributed by atoms with Gasteiger partial charge in [-0.15, -0.1) is 0 Å². The second-order valence-electron chi connectivity index (χ2n) is 4.37. The van der Waals surface area contributed by atoms with E-state index in [-0.39, 0.29) is 0 Å². The molecule has 0 aliphatic heterocycles. The summed E-state index contributed by atoms with van der Waals surface area (Å²) in [5.74, 6) is 8.59. The SMILES string of the molecule is Cc1nc(NN)c(C)c(NCCc2nccn2C)n1. The number of nitrogens with two attached hydrogens (primary N) is 1. The van der Waals surface area contributed by atoms with E-state index in [1.165, 1.54) is 0 Å². The van der Waals surface area contributed by atoms with E-state index in [4.69, 9.17) is 5.84 Å². The fourth-order valence-electron chi connectivity index (χ4n) is 1.87. The summed E-state index contributed by atoms with van der Waals surface area (Å²) in [7, 11) is 1.98. The van der Waals surface area contributed by atoms with Gasteiger partial charge in [-0.2, -0.15) is 0 Å². The van der Waals surface area contributed by atoms with Gasteiger partial charge in [-0.25, -0.2) is 20.8 Å². The first kappa shape index (κ1) is 13.3. The van der Waals surface area contributed by atoms with Crippen LogP contribution in [0.2, 0.25) is 0 Å². The number of anilines is 2. The summed E-state index contributed by atoms with van der Waals surface area (Å²) in [6.07, 6.45) is 4.56. The quantitative estimate of drug-likeness (QED) is 0.543. The minimum absolute atomic E-state index is 0.645. The summed E-state index contributed by atoms with van der Waals surface area (Å²) in [5.41, 5.74) is 3.49. The molecule has 2 heterocycles. The molecule has 2 aromatic heterocycles. The zero-order chi connectivity index (χ0) is 13.8. The molecule has 2 aromatic rings. The number of aromatic nitrogens is 4. The van der Waals surface area contributed by atoms with Gasteiger partial charge < -0.3 is 15.3 Å². The van der Waals surface area contributed by atoms with Crippen LogP contribution in [-0.4, -0.2) is 26.1 Å². The van der Waals surface area contributed by atoms with Crippen LogP contribution in [0.5, 0.6) is 0 Å². The monoisotopic (exact) mass is 261 g/mol. The Morgan fingerprint density at radius 2 is 2.00 bits per heavy atom. The molecule has 0 saturated heterocycles. The Morgan fingerprint density at radius 1 is 1.26 bits per heavy atom. The molecule has 7 heteroatoms. The van der Waals surface area contributed by atoms with Crippen molar-refractivity contribution in [2.75, 3.05) is 17.3 Å². The fourth-order valence-corrected chi connectivity index (χ4v) is 1.87. The standard InChI is InChI=1S/C12H19N7/c1-8-11(16-9(2)17-12(8)18-13)15-5-4-10-14-6-7-19(10)3/h6-7H,4-5,13H2,1-3H3,(H2,15,16,17,18). The average Bonchev–Trinajstić information content (AvgIpc) is 2.79. The molecule has 0 radical (unpaired) electrons. The van der Waals surface area contributed by atoms with Crippen molar-refractivity contribution in [3.8, 4) is 0 Å². The third-order valence-electron chi connectivity index (χ3n) is 2.96. The number of hydrogen-bond acceptors (Lipinski definition) is 6. The van der Waals surface area contributed by atoms with Crippen LogP contribution >= 0.6 is 0 Å².